The van der Waals surface area contributed by atoms with Crippen LogP contribution in [0.2, 0.25) is 0 Å². The first-order valence-corrected chi connectivity index (χ1v) is 13.4. The van der Waals surface area contributed by atoms with Crippen LogP contribution in [-0.2, 0) is 10.0 Å². The van der Waals surface area contributed by atoms with Crippen molar-refractivity contribution in [1.82, 2.24) is 14.3 Å². The highest BCUT2D eigenvalue weighted by Crippen LogP contribution is 2.33. The molecule has 0 spiro atoms. The number of ether oxygens (including phenoxy) is 1. The lowest BCUT2D eigenvalue weighted by Crippen LogP contribution is -2.37. The van der Waals surface area contributed by atoms with Gasteiger partial charge < -0.3 is 4.74 Å². The summed E-state index contributed by atoms with van der Waals surface area (Å²) < 4.78 is 58.0. The van der Waals surface area contributed by atoms with Gasteiger partial charge >= 0.3 is 0 Å². The van der Waals surface area contributed by atoms with Gasteiger partial charge in [-0.25, -0.2) is 21.5 Å². The van der Waals surface area contributed by atoms with E-state index < -0.39 is 21.7 Å². The lowest BCUT2D eigenvalue weighted by Gasteiger charge is -2.30. The standard InChI is InChI=1S/C27H22F2N4O3S/c1-37(34,35)33-8-6-17(7-9-33)26-5-3-19-10-22(11-20(14-30)27(19)32-26)36-23-12-21(15-31-16-23)18-2-4-24(28)25(29)13-18/h2-5,10-13,15-17H,6-9H2,1H3. The molecule has 0 radical (unpaired) electrons. The molecule has 1 fully saturated rings. The van der Waals surface area contributed by atoms with E-state index in [2.05, 4.69) is 11.1 Å². The Morgan fingerprint density at radius 2 is 1.76 bits per heavy atom. The van der Waals surface area contributed by atoms with E-state index in [0.717, 1.165) is 23.2 Å². The summed E-state index contributed by atoms with van der Waals surface area (Å²) in [4.78, 5) is 8.89. The number of nitrogens with zero attached hydrogens (tertiary/aromatic N) is 4. The van der Waals surface area contributed by atoms with Crippen LogP contribution in [0, 0.1) is 23.0 Å². The highest BCUT2D eigenvalue weighted by Gasteiger charge is 2.26. The Balaban J connectivity index is 1.40. The SMILES string of the molecule is CS(=O)(=O)N1CCC(c2ccc3cc(Oc4cncc(-c5ccc(F)c(F)c5)c4)cc(C#N)c3n2)CC1. The zero-order valence-corrected chi connectivity index (χ0v) is 20.7. The molecule has 37 heavy (non-hydrogen) atoms. The number of hydrogen-bond donors (Lipinski definition) is 0. The van der Waals surface area contributed by atoms with Crippen molar-refractivity contribution in [3.05, 3.63) is 83.8 Å². The molecular weight excluding hydrogens is 498 g/mol. The second-order valence-corrected chi connectivity index (χ2v) is 10.9. The minimum atomic E-state index is -3.21. The molecule has 0 amide bonds. The van der Waals surface area contributed by atoms with E-state index in [-0.39, 0.29) is 5.92 Å². The van der Waals surface area contributed by atoms with Gasteiger partial charge in [0.1, 0.15) is 17.6 Å². The van der Waals surface area contributed by atoms with E-state index in [0.29, 0.717) is 59.6 Å². The van der Waals surface area contributed by atoms with Gasteiger partial charge in [-0.2, -0.15) is 5.26 Å². The molecule has 0 atom stereocenters. The number of piperidine rings is 1. The minimum absolute atomic E-state index is 0.106. The van der Waals surface area contributed by atoms with Crippen molar-refractivity contribution in [3.63, 3.8) is 0 Å². The summed E-state index contributed by atoms with van der Waals surface area (Å²) >= 11 is 0. The number of aromatic nitrogens is 2. The summed E-state index contributed by atoms with van der Waals surface area (Å²) in [7, 11) is -3.21. The molecule has 4 aromatic rings. The molecule has 7 nitrogen and oxygen atoms in total. The summed E-state index contributed by atoms with van der Waals surface area (Å²) in [5, 5.41) is 10.5. The highest BCUT2D eigenvalue weighted by atomic mass is 32.2. The summed E-state index contributed by atoms with van der Waals surface area (Å²) in [5.74, 6) is -1.00. The van der Waals surface area contributed by atoms with Crippen LogP contribution in [0.15, 0.2) is 60.9 Å². The van der Waals surface area contributed by atoms with Gasteiger partial charge in [-0.15, -0.1) is 0 Å². The summed E-state index contributed by atoms with van der Waals surface area (Å²) in [5.41, 5.74) is 2.71. The Morgan fingerprint density at radius 3 is 2.46 bits per heavy atom. The topological polar surface area (TPSA) is 96.2 Å². The van der Waals surface area contributed by atoms with Gasteiger partial charge in [0.25, 0.3) is 0 Å². The van der Waals surface area contributed by atoms with Gasteiger partial charge in [0.15, 0.2) is 11.6 Å². The molecule has 0 N–H and O–H groups in total. The zero-order chi connectivity index (χ0) is 26.2. The van der Waals surface area contributed by atoms with Gasteiger partial charge in [-0.1, -0.05) is 12.1 Å². The lowest BCUT2D eigenvalue weighted by molar-refractivity contribution is 0.319. The third kappa shape index (κ3) is 5.28. The number of rotatable bonds is 5. The molecule has 2 aromatic heterocycles. The van der Waals surface area contributed by atoms with Crippen molar-refractivity contribution in [2.24, 2.45) is 0 Å². The maximum Gasteiger partial charge on any atom is 0.211 e. The first kappa shape index (κ1) is 24.7. The third-order valence-electron chi connectivity index (χ3n) is 6.45. The quantitative estimate of drug-likeness (QED) is 0.351. The van der Waals surface area contributed by atoms with E-state index >= 15 is 0 Å². The molecule has 1 aliphatic rings. The number of pyridine rings is 2. The summed E-state index contributed by atoms with van der Waals surface area (Å²) in [6.45, 7) is 0.886. The maximum atomic E-state index is 13.7. The van der Waals surface area contributed by atoms with Crippen LogP contribution in [0.1, 0.15) is 30.0 Å². The first-order valence-electron chi connectivity index (χ1n) is 11.6. The predicted molar refractivity (Wildman–Crippen MR) is 135 cm³/mol. The second kappa shape index (κ2) is 9.84. The molecule has 188 valence electrons. The van der Waals surface area contributed by atoms with Crippen LogP contribution in [0.4, 0.5) is 8.78 Å². The smallest absolute Gasteiger partial charge is 0.211 e. The van der Waals surface area contributed by atoms with Crippen LogP contribution in [-0.4, -0.2) is 42.0 Å². The average molecular weight is 521 g/mol. The Kier molecular flexibility index (Phi) is 6.58. The third-order valence-corrected chi connectivity index (χ3v) is 7.75. The fourth-order valence-electron chi connectivity index (χ4n) is 4.52. The van der Waals surface area contributed by atoms with Crippen LogP contribution >= 0.6 is 0 Å². The zero-order valence-electron chi connectivity index (χ0n) is 19.9. The first-order chi connectivity index (χ1) is 17.7. The Hall–Kier alpha value is -3.94. The summed E-state index contributed by atoms with van der Waals surface area (Å²) in [6.07, 6.45) is 5.55. The molecule has 1 aliphatic heterocycles. The van der Waals surface area contributed by atoms with Gasteiger partial charge in [-0.3, -0.25) is 9.97 Å². The monoisotopic (exact) mass is 520 g/mol. The Bertz CT molecular complexity index is 1650. The molecule has 10 heteroatoms. The molecule has 0 bridgehead atoms. The van der Waals surface area contributed by atoms with Crippen molar-refractivity contribution in [3.8, 4) is 28.7 Å². The van der Waals surface area contributed by atoms with Crippen molar-refractivity contribution in [1.29, 1.82) is 5.26 Å². The molecule has 2 aromatic carbocycles. The van der Waals surface area contributed by atoms with Crippen molar-refractivity contribution >= 4 is 20.9 Å². The van der Waals surface area contributed by atoms with E-state index in [1.807, 2.05) is 12.1 Å². The summed E-state index contributed by atoms with van der Waals surface area (Å²) in [6, 6.07) is 14.6. The van der Waals surface area contributed by atoms with Crippen LogP contribution in [0.3, 0.4) is 0 Å². The van der Waals surface area contributed by atoms with Crippen molar-refractivity contribution < 1.29 is 21.9 Å². The molecule has 0 saturated carbocycles. The van der Waals surface area contributed by atoms with Crippen LogP contribution in [0.5, 0.6) is 11.5 Å². The van der Waals surface area contributed by atoms with Crippen molar-refractivity contribution in [2.75, 3.05) is 19.3 Å². The highest BCUT2D eigenvalue weighted by molar-refractivity contribution is 7.88. The number of benzene rings is 2. The Labute approximate surface area is 213 Å². The normalized spacial score (nSPS) is 15.0. The van der Waals surface area contributed by atoms with E-state index in [1.165, 1.54) is 29.0 Å². The maximum absolute atomic E-state index is 13.7. The van der Waals surface area contributed by atoms with E-state index in [1.54, 1.807) is 18.2 Å². The van der Waals surface area contributed by atoms with Gasteiger partial charge in [0, 0.05) is 47.9 Å². The largest absolute Gasteiger partial charge is 0.456 e. The number of nitriles is 1. The van der Waals surface area contributed by atoms with Gasteiger partial charge in [-0.05, 0) is 48.7 Å². The number of fused-ring (bicyclic) bond motifs is 1. The lowest BCUT2D eigenvalue weighted by atomic mass is 9.93. The van der Waals surface area contributed by atoms with E-state index in [9.17, 15) is 22.5 Å². The minimum Gasteiger partial charge on any atom is -0.456 e. The number of sulfonamides is 1. The fourth-order valence-corrected chi connectivity index (χ4v) is 5.40. The number of halogens is 2. The molecular formula is C27H22F2N4O3S. The molecule has 5 rings (SSSR count). The second-order valence-electron chi connectivity index (χ2n) is 8.97. The predicted octanol–water partition coefficient (Wildman–Crippen LogP) is 5.38. The van der Waals surface area contributed by atoms with Gasteiger partial charge in [0.05, 0.1) is 23.5 Å². The molecule has 0 unspecified atom stereocenters. The fraction of sp³-hybridized carbons (Fsp3) is 0.222. The number of hydrogen-bond acceptors (Lipinski definition) is 6. The van der Waals surface area contributed by atoms with Gasteiger partial charge in [0.2, 0.25) is 10.0 Å². The average Bonchev–Trinajstić information content (AvgIpc) is 2.89. The van der Waals surface area contributed by atoms with E-state index in [4.69, 9.17) is 9.72 Å². The Morgan fingerprint density at radius 1 is 0.973 bits per heavy atom. The van der Waals surface area contributed by atoms with Crippen molar-refractivity contribution in [2.45, 2.75) is 18.8 Å². The van der Waals surface area contributed by atoms with Crippen LogP contribution < -0.4 is 4.74 Å². The van der Waals surface area contributed by atoms with Crippen LogP contribution in [0.25, 0.3) is 22.0 Å². The molecule has 0 aliphatic carbocycles. The molecule has 3 heterocycles. The molecule has 1 saturated heterocycles.